The number of hydrogen-bond donors (Lipinski definition) is 0. The fourth-order valence-electron chi connectivity index (χ4n) is 3.98. The molecule has 0 radical (unpaired) electrons. The first-order chi connectivity index (χ1) is 11.0. The molecule has 24 heavy (non-hydrogen) atoms. The van der Waals surface area contributed by atoms with Gasteiger partial charge in [-0.05, 0) is 72.5 Å². The Balaban J connectivity index is 2.60. The molecule has 0 unspecified atom stereocenters. The second kappa shape index (κ2) is 8.90. The fraction of sp³-hybridized carbons (Fsp3) is 0.895. The zero-order valence-electron chi connectivity index (χ0n) is 17.7. The molecule has 0 saturated carbocycles. The fourth-order valence-corrected chi connectivity index (χ4v) is 18.2. The van der Waals surface area contributed by atoms with Gasteiger partial charge in [-0.15, -0.1) is 0 Å². The average Bonchev–Trinajstić information content (AvgIpc) is 2.62. The van der Waals surface area contributed by atoms with Crippen LogP contribution < -0.4 is 0 Å². The molecule has 0 atom stereocenters. The molecule has 0 aromatic carbocycles. The van der Waals surface area contributed by atoms with Crippen molar-refractivity contribution in [3.8, 4) is 0 Å². The molecule has 0 aromatic heterocycles. The van der Waals surface area contributed by atoms with Crippen LogP contribution in [0.4, 0.5) is 0 Å². The molecule has 3 nitrogen and oxygen atoms in total. The predicted molar refractivity (Wildman–Crippen MR) is 116 cm³/mol. The van der Waals surface area contributed by atoms with Gasteiger partial charge < -0.3 is 4.23 Å². The van der Waals surface area contributed by atoms with Crippen molar-refractivity contribution in [2.45, 2.75) is 104 Å². The maximum absolute atomic E-state index is 4.85. The van der Waals surface area contributed by atoms with Crippen LogP contribution in [0.1, 0.15) is 53.9 Å². The Morgan fingerprint density at radius 2 is 1.38 bits per heavy atom. The highest BCUT2D eigenvalue weighted by Crippen LogP contribution is 2.36. The Hall–Kier alpha value is -0.266. The number of aliphatic imine (C=N–C) groups is 2. The Morgan fingerprint density at radius 1 is 0.875 bits per heavy atom. The van der Waals surface area contributed by atoms with E-state index in [1.165, 1.54) is 37.2 Å². The molecule has 1 aliphatic rings. The van der Waals surface area contributed by atoms with Gasteiger partial charge in [-0.2, -0.15) is 0 Å². The zero-order chi connectivity index (χ0) is 18.5. The average molecular weight is 368 g/mol. The van der Waals surface area contributed by atoms with Gasteiger partial charge in [-0.25, -0.2) is 0 Å². The van der Waals surface area contributed by atoms with Crippen molar-refractivity contribution in [3.05, 3.63) is 0 Å². The van der Waals surface area contributed by atoms with E-state index < -0.39 is 16.5 Å². The maximum Gasteiger partial charge on any atom is 0.115 e. The van der Waals surface area contributed by atoms with Crippen LogP contribution in [0, 0.1) is 0 Å². The van der Waals surface area contributed by atoms with E-state index in [2.05, 4.69) is 65.0 Å². The van der Waals surface area contributed by atoms with Crippen molar-refractivity contribution in [1.82, 2.24) is 4.23 Å². The van der Waals surface area contributed by atoms with E-state index >= 15 is 0 Å². The van der Waals surface area contributed by atoms with Crippen molar-refractivity contribution in [3.63, 3.8) is 0 Å². The SMILES string of the molecule is CC(=NC(C)C)C(CCCCN1[Si](C)(C)CC[Si]1(C)C)=NC(C)C. The maximum atomic E-state index is 4.85. The smallest absolute Gasteiger partial charge is 0.115 e. The summed E-state index contributed by atoms with van der Waals surface area (Å²) in [6.07, 6.45) is 3.62. The largest absolute Gasteiger partial charge is 0.345 e. The van der Waals surface area contributed by atoms with Crippen LogP contribution in [0.25, 0.3) is 0 Å². The van der Waals surface area contributed by atoms with E-state index in [4.69, 9.17) is 9.98 Å². The van der Waals surface area contributed by atoms with E-state index in [9.17, 15) is 0 Å². The van der Waals surface area contributed by atoms with Crippen molar-refractivity contribution in [1.29, 1.82) is 0 Å². The number of nitrogens with zero attached hydrogens (tertiary/aromatic N) is 3. The molecule has 1 heterocycles. The van der Waals surface area contributed by atoms with Crippen LogP contribution in [-0.4, -0.2) is 50.8 Å². The minimum Gasteiger partial charge on any atom is -0.345 e. The third-order valence-corrected chi connectivity index (χ3v) is 15.6. The molecule has 1 fully saturated rings. The molecule has 0 amide bonds. The van der Waals surface area contributed by atoms with Gasteiger partial charge in [0.05, 0.1) is 11.4 Å². The molecule has 0 N–H and O–H groups in total. The normalized spacial score (nSPS) is 22.0. The molecule has 0 aliphatic carbocycles. The standard InChI is InChI=1S/C19H41N3Si2/c1-16(2)20-18(5)19(21-17(3)4)12-10-11-13-22-23(6,7)14-15-24(22,8)9/h16-17H,10-15H2,1-9H3. The summed E-state index contributed by atoms with van der Waals surface area (Å²) in [6.45, 7) is 22.3. The Kier molecular flexibility index (Phi) is 8.08. The lowest BCUT2D eigenvalue weighted by Crippen LogP contribution is -2.55. The molecule has 1 aliphatic heterocycles. The minimum absolute atomic E-state index is 0.352. The zero-order valence-corrected chi connectivity index (χ0v) is 19.7. The van der Waals surface area contributed by atoms with Crippen molar-refractivity contribution >= 4 is 27.9 Å². The van der Waals surface area contributed by atoms with Gasteiger partial charge in [-0.1, -0.05) is 26.2 Å². The van der Waals surface area contributed by atoms with E-state index in [0.717, 1.165) is 12.1 Å². The molecule has 1 rings (SSSR count). The molecule has 0 spiro atoms. The highest BCUT2D eigenvalue weighted by Gasteiger charge is 2.46. The van der Waals surface area contributed by atoms with Crippen molar-refractivity contribution in [2.75, 3.05) is 6.54 Å². The van der Waals surface area contributed by atoms with Gasteiger partial charge in [0.15, 0.2) is 0 Å². The van der Waals surface area contributed by atoms with Crippen molar-refractivity contribution < 1.29 is 0 Å². The first-order valence-corrected chi connectivity index (χ1v) is 16.2. The van der Waals surface area contributed by atoms with E-state index in [-0.39, 0.29) is 0 Å². The lowest BCUT2D eigenvalue weighted by molar-refractivity contribution is 0.575. The summed E-state index contributed by atoms with van der Waals surface area (Å²) in [6, 6.07) is 3.72. The molecule has 0 aromatic rings. The van der Waals surface area contributed by atoms with Gasteiger partial charge >= 0.3 is 0 Å². The highest BCUT2D eigenvalue weighted by atomic mass is 28.4. The first kappa shape index (κ1) is 21.8. The number of unbranched alkanes of at least 4 members (excludes halogenated alkanes) is 1. The summed E-state index contributed by atoms with van der Waals surface area (Å²) in [4.78, 5) is 9.57. The summed E-state index contributed by atoms with van der Waals surface area (Å²) in [5.74, 6) is 0. The van der Waals surface area contributed by atoms with Crippen LogP contribution in [0.2, 0.25) is 38.3 Å². The quantitative estimate of drug-likeness (QED) is 0.312. The van der Waals surface area contributed by atoms with Crippen molar-refractivity contribution in [2.24, 2.45) is 9.98 Å². The molecule has 1 saturated heterocycles. The monoisotopic (exact) mass is 367 g/mol. The second-order valence-corrected chi connectivity index (χ2v) is 19.0. The predicted octanol–water partition coefficient (Wildman–Crippen LogP) is 5.60. The number of hydrogen-bond acceptors (Lipinski definition) is 3. The van der Waals surface area contributed by atoms with Gasteiger partial charge in [-0.3, -0.25) is 9.98 Å². The first-order valence-electron chi connectivity index (χ1n) is 9.85. The summed E-state index contributed by atoms with van der Waals surface area (Å²) < 4.78 is 2.99. The summed E-state index contributed by atoms with van der Waals surface area (Å²) in [5.41, 5.74) is 2.37. The third-order valence-electron chi connectivity index (χ3n) is 5.14. The third kappa shape index (κ3) is 6.56. The molecular weight excluding hydrogens is 326 g/mol. The van der Waals surface area contributed by atoms with Crippen LogP contribution in [0.5, 0.6) is 0 Å². The molecule has 140 valence electrons. The molecule has 0 bridgehead atoms. The summed E-state index contributed by atoms with van der Waals surface area (Å²) in [5, 5.41) is 0. The van der Waals surface area contributed by atoms with Gasteiger partial charge in [0.25, 0.3) is 0 Å². The lowest BCUT2D eigenvalue weighted by Gasteiger charge is -2.39. The van der Waals surface area contributed by atoms with Crippen LogP contribution in [0.3, 0.4) is 0 Å². The van der Waals surface area contributed by atoms with Crippen LogP contribution >= 0.6 is 0 Å². The molecule has 5 heteroatoms. The Labute approximate surface area is 153 Å². The second-order valence-electron chi connectivity index (χ2n) is 9.21. The van der Waals surface area contributed by atoms with E-state index in [1.807, 2.05) is 0 Å². The van der Waals surface area contributed by atoms with Crippen LogP contribution in [-0.2, 0) is 0 Å². The highest BCUT2D eigenvalue weighted by molar-refractivity contribution is 6.95. The van der Waals surface area contributed by atoms with E-state index in [0.29, 0.717) is 12.1 Å². The molecular formula is C19H41N3Si2. The van der Waals surface area contributed by atoms with Gasteiger partial charge in [0, 0.05) is 12.1 Å². The van der Waals surface area contributed by atoms with Gasteiger partial charge in [0.1, 0.15) is 16.5 Å². The minimum atomic E-state index is -1.11. The Bertz CT molecular complexity index is 449. The summed E-state index contributed by atoms with van der Waals surface area (Å²) in [7, 11) is -2.22. The van der Waals surface area contributed by atoms with Crippen LogP contribution in [0.15, 0.2) is 9.98 Å². The van der Waals surface area contributed by atoms with E-state index in [1.54, 1.807) is 0 Å². The summed E-state index contributed by atoms with van der Waals surface area (Å²) >= 11 is 0. The Morgan fingerprint density at radius 3 is 1.83 bits per heavy atom. The number of rotatable bonds is 8. The lowest BCUT2D eigenvalue weighted by atomic mass is 10.1. The topological polar surface area (TPSA) is 28.0 Å². The van der Waals surface area contributed by atoms with Gasteiger partial charge in [0.2, 0.25) is 0 Å².